The molecule has 0 saturated carbocycles. The first-order chi connectivity index (χ1) is 10.7. The lowest BCUT2D eigenvalue weighted by Gasteiger charge is -2.53. The van der Waals surface area contributed by atoms with E-state index in [9.17, 15) is 0 Å². The van der Waals surface area contributed by atoms with E-state index in [1.165, 1.54) is 64.2 Å². The Morgan fingerprint density at radius 1 is 0.739 bits per heavy atom. The summed E-state index contributed by atoms with van der Waals surface area (Å²) in [4.78, 5) is 0. The van der Waals surface area contributed by atoms with Crippen molar-refractivity contribution in [2.24, 2.45) is 0 Å². The summed E-state index contributed by atoms with van der Waals surface area (Å²) < 4.78 is 0. The molecule has 0 spiro atoms. The zero-order valence-electron chi connectivity index (χ0n) is 16.7. The first-order valence-corrected chi connectivity index (χ1v) is 13.3. The van der Waals surface area contributed by atoms with E-state index in [0.29, 0.717) is 0 Å². The van der Waals surface area contributed by atoms with E-state index < -0.39 is 8.07 Å². The van der Waals surface area contributed by atoms with Crippen LogP contribution >= 0.6 is 0 Å². The number of hydrogen-bond donors (Lipinski definition) is 0. The van der Waals surface area contributed by atoms with Gasteiger partial charge >= 0.3 is 0 Å². The minimum Gasteiger partial charge on any atom is -0.269 e. The second-order valence-electron chi connectivity index (χ2n) is 8.05. The van der Waals surface area contributed by atoms with E-state index in [-0.39, 0.29) is 4.70 Å². The molecular formula is C21H45FSi. The first-order valence-electron chi connectivity index (χ1n) is 10.7. The molecule has 1 atom stereocenters. The van der Waals surface area contributed by atoms with Crippen molar-refractivity contribution in [3.05, 3.63) is 0 Å². The zero-order valence-corrected chi connectivity index (χ0v) is 17.7. The molecule has 0 aromatic carbocycles. The average Bonchev–Trinajstić information content (AvgIpc) is 2.57. The van der Waals surface area contributed by atoms with Crippen LogP contribution in [0.1, 0.15) is 111 Å². The minimum atomic E-state index is -0.996. The van der Waals surface area contributed by atoms with Gasteiger partial charge in [0.05, 0.1) is 8.07 Å². The van der Waals surface area contributed by atoms with Gasteiger partial charge in [-0.2, -0.15) is 0 Å². The van der Waals surface area contributed by atoms with Gasteiger partial charge in [-0.25, -0.2) is 0 Å². The lowest BCUT2D eigenvalue weighted by Crippen LogP contribution is -2.49. The third-order valence-corrected chi connectivity index (χ3v) is 14.3. The zero-order chi connectivity index (χ0) is 16.3. The fourth-order valence-corrected chi connectivity index (χ4v) is 11.9. The fourth-order valence-electron chi connectivity index (χ4n) is 5.53. The SMILES string of the molecule is CCCCCCCCCCC1(CC)CCCC[Si]1(CC)CC.F. The van der Waals surface area contributed by atoms with E-state index in [2.05, 4.69) is 27.7 Å². The van der Waals surface area contributed by atoms with Gasteiger partial charge in [-0.05, 0) is 17.9 Å². The molecule has 0 aromatic rings. The van der Waals surface area contributed by atoms with Gasteiger partial charge in [0.15, 0.2) is 0 Å². The first kappa shape index (κ1) is 23.1. The number of rotatable bonds is 12. The van der Waals surface area contributed by atoms with Crippen LogP contribution in [0.25, 0.3) is 0 Å². The van der Waals surface area contributed by atoms with Crippen molar-refractivity contribution in [1.29, 1.82) is 0 Å². The van der Waals surface area contributed by atoms with Crippen molar-refractivity contribution in [1.82, 2.24) is 0 Å². The summed E-state index contributed by atoms with van der Waals surface area (Å²) >= 11 is 0. The van der Waals surface area contributed by atoms with E-state index in [4.69, 9.17) is 0 Å². The molecule has 0 aromatic heterocycles. The summed E-state index contributed by atoms with van der Waals surface area (Å²) in [5.74, 6) is 0. The summed E-state index contributed by atoms with van der Waals surface area (Å²) in [6.45, 7) is 9.88. The number of unbranched alkanes of at least 4 members (excludes halogenated alkanes) is 7. The summed E-state index contributed by atoms with van der Waals surface area (Å²) in [6.07, 6.45) is 19.5. The average molecular weight is 345 g/mol. The second kappa shape index (κ2) is 12.5. The number of hydrogen-bond acceptors (Lipinski definition) is 0. The highest BCUT2D eigenvalue weighted by molar-refractivity contribution is 6.82. The Kier molecular flexibility index (Phi) is 12.6. The molecule has 0 amide bonds. The Hall–Kier alpha value is 0.147. The van der Waals surface area contributed by atoms with Gasteiger partial charge in [-0.3, -0.25) is 4.70 Å². The van der Waals surface area contributed by atoms with Crippen LogP contribution in [0.15, 0.2) is 0 Å². The van der Waals surface area contributed by atoms with E-state index in [1.807, 2.05) is 0 Å². The maximum Gasteiger partial charge on any atom is 0.0592 e. The molecule has 1 rings (SSSR count). The topological polar surface area (TPSA) is 0 Å². The van der Waals surface area contributed by atoms with Crippen LogP contribution in [0, 0.1) is 0 Å². The van der Waals surface area contributed by atoms with Crippen molar-refractivity contribution in [2.75, 3.05) is 0 Å². The van der Waals surface area contributed by atoms with Crippen molar-refractivity contribution >= 4 is 8.07 Å². The second-order valence-corrected chi connectivity index (χ2v) is 13.6. The minimum absolute atomic E-state index is 0. The predicted molar refractivity (Wildman–Crippen MR) is 108 cm³/mol. The van der Waals surface area contributed by atoms with Crippen molar-refractivity contribution in [3.8, 4) is 0 Å². The van der Waals surface area contributed by atoms with Crippen LogP contribution < -0.4 is 0 Å². The summed E-state index contributed by atoms with van der Waals surface area (Å²) in [5, 5.41) is 0.816. The molecule has 1 saturated heterocycles. The molecule has 0 N–H and O–H groups in total. The lowest BCUT2D eigenvalue weighted by atomic mass is 9.90. The normalized spacial score (nSPS) is 23.5. The van der Waals surface area contributed by atoms with Crippen LogP contribution in [0.2, 0.25) is 23.2 Å². The van der Waals surface area contributed by atoms with Gasteiger partial charge < -0.3 is 0 Å². The highest BCUT2D eigenvalue weighted by Gasteiger charge is 2.49. The fraction of sp³-hybridized carbons (Fsp3) is 1.00. The van der Waals surface area contributed by atoms with Crippen LogP contribution in [-0.4, -0.2) is 8.07 Å². The molecule has 1 unspecified atom stereocenters. The molecule has 1 fully saturated rings. The van der Waals surface area contributed by atoms with Crippen LogP contribution in [0.5, 0.6) is 0 Å². The standard InChI is InChI=1S/C21H44Si.FH/c1-5-9-10-11-12-13-14-15-18-21(6-2)19-16-17-20-22(21,7-3)8-4;/h5-20H2,1-4H3;1H. The predicted octanol–water partition coefficient (Wildman–Crippen LogP) is 8.49. The lowest BCUT2D eigenvalue weighted by molar-refractivity contribution is 0.377. The van der Waals surface area contributed by atoms with Crippen molar-refractivity contribution < 1.29 is 4.70 Å². The van der Waals surface area contributed by atoms with Gasteiger partial charge in [0.1, 0.15) is 0 Å². The van der Waals surface area contributed by atoms with E-state index >= 15 is 0 Å². The van der Waals surface area contributed by atoms with Crippen LogP contribution in [0.3, 0.4) is 0 Å². The smallest absolute Gasteiger partial charge is 0.0592 e. The highest BCUT2D eigenvalue weighted by Crippen LogP contribution is 2.58. The van der Waals surface area contributed by atoms with Gasteiger partial charge in [0, 0.05) is 0 Å². The number of halogens is 1. The van der Waals surface area contributed by atoms with Crippen molar-refractivity contribution in [3.63, 3.8) is 0 Å². The molecule has 0 bridgehead atoms. The van der Waals surface area contributed by atoms with Gasteiger partial charge in [0.25, 0.3) is 0 Å². The monoisotopic (exact) mass is 344 g/mol. The van der Waals surface area contributed by atoms with Crippen molar-refractivity contribution in [2.45, 2.75) is 134 Å². The molecule has 140 valence electrons. The van der Waals surface area contributed by atoms with Crippen LogP contribution in [-0.2, 0) is 0 Å². The Labute approximate surface area is 147 Å². The molecule has 23 heavy (non-hydrogen) atoms. The Morgan fingerprint density at radius 3 is 1.83 bits per heavy atom. The molecule has 1 heterocycles. The summed E-state index contributed by atoms with van der Waals surface area (Å²) in [7, 11) is -0.996. The maximum atomic E-state index is 2.53. The Morgan fingerprint density at radius 2 is 1.30 bits per heavy atom. The molecule has 0 aliphatic carbocycles. The molecule has 0 nitrogen and oxygen atoms in total. The molecule has 1 aliphatic rings. The molecular weight excluding hydrogens is 299 g/mol. The Balaban J connectivity index is 0.00000484. The van der Waals surface area contributed by atoms with E-state index in [1.54, 1.807) is 37.4 Å². The highest BCUT2D eigenvalue weighted by atomic mass is 28.3. The van der Waals surface area contributed by atoms with Crippen LogP contribution in [0.4, 0.5) is 4.70 Å². The Bertz CT molecular complexity index is 275. The van der Waals surface area contributed by atoms with Gasteiger partial charge in [-0.15, -0.1) is 0 Å². The quantitative estimate of drug-likeness (QED) is 0.246. The third kappa shape index (κ3) is 6.18. The molecule has 1 aliphatic heterocycles. The van der Waals surface area contributed by atoms with Gasteiger partial charge in [-0.1, -0.05) is 116 Å². The molecule has 0 radical (unpaired) electrons. The summed E-state index contributed by atoms with van der Waals surface area (Å²) in [5.41, 5.74) is 0. The largest absolute Gasteiger partial charge is 0.269 e. The third-order valence-electron chi connectivity index (χ3n) is 7.22. The van der Waals surface area contributed by atoms with E-state index in [0.717, 1.165) is 5.04 Å². The van der Waals surface area contributed by atoms with Gasteiger partial charge in [0.2, 0.25) is 0 Å². The maximum absolute atomic E-state index is 2.53. The molecule has 2 heteroatoms. The summed E-state index contributed by atoms with van der Waals surface area (Å²) in [6, 6.07) is 4.74.